The molecule has 3 rings (SSSR count). The number of anilines is 1. The van der Waals surface area contributed by atoms with Crippen molar-refractivity contribution in [2.45, 2.75) is 0 Å². The lowest BCUT2D eigenvalue weighted by molar-refractivity contribution is 0.629. The molecular weight excluding hydrogens is 313 g/mol. The van der Waals surface area contributed by atoms with Crippen LogP contribution in [-0.4, -0.2) is 4.98 Å². The molecule has 0 bridgehead atoms. The van der Waals surface area contributed by atoms with Crippen molar-refractivity contribution in [3.8, 4) is 28.5 Å². The summed E-state index contributed by atoms with van der Waals surface area (Å²) in [4.78, 5) is 4.28. The van der Waals surface area contributed by atoms with Gasteiger partial charge in [0.1, 0.15) is 23.3 Å². The summed E-state index contributed by atoms with van der Waals surface area (Å²) in [5.74, 6) is -0.441. The fraction of sp³-hybridized carbons (Fsp3) is 0. The number of pyridine rings is 1. The monoisotopic (exact) mass is 323 g/mol. The highest BCUT2D eigenvalue weighted by molar-refractivity contribution is 6.30. The van der Waals surface area contributed by atoms with Crippen LogP contribution in [0.15, 0.2) is 54.6 Å². The number of hydrogen-bond acceptors (Lipinski definition) is 3. The molecule has 112 valence electrons. The highest BCUT2D eigenvalue weighted by Gasteiger charge is 2.14. The van der Waals surface area contributed by atoms with Crippen LogP contribution in [0.2, 0.25) is 5.02 Å². The quantitative estimate of drug-likeness (QED) is 0.746. The molecule has 0 aliphatic rings. The van der Waals surface area contributed by atoms with Gasteiger partial charge in [0.25, 0.3) is 0 Å². The van der Waals surface area contributed by atoms with Gasteiger partial charge in [-0.25, -0.2) is 9.37 Å². The average Bonchev–Trinajstić information content (AvgIpc) is 2.57. The second-order valence-electron chi connectivity index (χ2n) is 4.92. The molecule has 0 amide bonds. The Hall–Kier alpha value is -2.90. The molecule has 0 aliphatic carbocycles. The molecule has 0 radical (unpaired) electrons. The molecule has 2 aromatic carbocycles. The van der Waals surface area contributed by atoms with Gasteiger partial charge in [0.05, 0.1) is 10.7 Å². The van der Waals surface area contributed by atoms with E-state index in [0.29, 0.717) is 16.8 Å². The molecule has 3 nitrogen and oxygen atoms in total. The second kappa shape index (κ2) is 6.07. The number of hydrogen-bond donors (Lipinski definition) is 1. The van der Waals surface area contributed by atoms with E-state index in [9.17, 15) is 9.65 Å². The fourth-order valence-corrected chi connectivity index (χ4v) is 2.45. The fourth-order valence-electron chi connectivity index (χ4n) is 2.33. The van der Waals surface area contributed by atoms with Gasteiger partial charge in [0, 0.05) is 11.1 Å². The van der Waals surface area contributed by atoms with Crippen LogP contribution in [0.1, 0.15) is 5.56 Å². The molecule has 1 aromatic heterocycles. The van der Waals surface area contributed by atoms with Crippen molar-refractivity contribution in [2.75, 3.05) is 5.73 Å². The Bertz CT molecular complexity index is 918. The molecule has 0 fully saturated rings. The van der Waals surface area contributed by atoms with Crippen molar-refractivity contribution >= 4 is 17.4 Å². The molecule has 23 heavy (non-hydrogen) atoms. The molecule has 0 spiro atoms. The zero-order valence-corrected chi connectivity index (χ0v) is 12.7. The number of nitrogens with zero attached hydrogens (tertiary/aromatic N) is 2. The SMILES string of the molecule is N#Cc1c(-c2ccc(Cl)c(F)c2)cc(-c2ccccc2)nc1N. The molecule has 2 N–H and O–H groups in total. The molecule has 0 atom stereocenters. The molecule has 0 aliphatic heterocycles. The third kappa shape index (κ3) is 2.87. The van der Waals surface area contributed by atoms with Gasteiger partial charge in [-0.1, -0.05) is 48.0 Å². The van der Waals surface area contributed by atoms with E-state index in [0.717, 1.165) is 5.56 Å². The summed E-state index contributed by atoms with van der Waals surface area (Å²) in [5.41, 5.74) is 8.66. The molecule has 5 heteroatoms. The smallest absolute Gasteiger partial charge is 0.142 e. The van der Waals surface area contributed by atoms with Crippen molar-refractivity contribution in [3.05, 3.63) is 71.0 Å². The van der Waals surface area contributed by atoms with Gasteiger partial charge in [0.15, 0.2) is 0 Å². The van der Waals surface area contributed by atoms with Crippen LogP contribution in [0.5, 0.6) is 0 Å². The van der Waals surface area contributed by atoms with Crippen LogP contribution in [0.25, 0.3) is 22.4 Å². The molecule has 0 saturated heterocycles. The lowest BCUT2D eigenvalue weighted by Crippen LogP contribution is -2.00. The normalized spacial score (nSPS) is 10.3. The van der Waals surface area contributed by atoms with Crippen molar-refractivity contribution in [2.24, 2.45) is 0 Å². The Morgan fingerprint density at radius 3 is 2.43 bits per heavy atom. The topological polar surface area (TPSA) is 62.7 Å². The average molecular weight is 324 g/mol. The van der Waals surface area contributed by atoms with Gasteiger partial charge in [-0.15, -0.1) is 0 Å². The minimum absolute atomic E-state index is 0.0255. The molecule has 3 aromatic rings. The third-order valence-electron chi connectivity index (χ3n) is 3.46. The van der Waals surface area contributed by atoms with E-state index < -0.39 is 5.82 Å². The van der Waals surface area contributed by atoms with Crippen LogP contribution in [0.4, 0.5) is 10.2 Å². The summed E-state index contributed by atoms with van der Waals surface area (Å²) in [6.07, 6.45) is 0. The molecule has 0 saturated carbocycles. The number of nitriles is 1. The van der Waals surface area contributed by atoms with E-state index in [1.807, 2.05) is 36.4 Å². The van der Waals surface area contributed by atoms with Crippen LogP contribution < -0.4 is 5.73 Å². The summed E-state index contributed by atoms with van der Waals surface area (Å²) in [6.45, 7) is 0. The Morgan fingerprint density at radius 2 is 1.78 bits per heavy atom. The second-order valence-corrected chi connectivity index (χ2v) is 5.33. The van der Waals surface area contributed by atoms with Crippen molar-refractivity contribution in [3.63, 3.8) is 0 Å². The highest BCUT2D eigenvalue weighted by atomic mass is 35.5. The Labute approximate surface area is 137 Å². The van der Waals surface area contributed by atoms with Crippen molar-refractivity contribution in [1.29, 1.82) is 5.26 Å². The Balaban J connectivity index is 2.24. The summed E-state index contributed by atoms with van der Waals surface area (Å²) < 4.78 is 13.8. The van der Waals surface area contributed by atoms with E-state index in [2.05, 4.69) is 4.98 Å². The third-order valence-corrected chi connectivity index (χ3v) is 3.77. The first-order chi connectivity index (χ1) is 11.1. The number of rotatable bonds is 2. The minimum Gasteiger partial charge on any atom is -0.383 e. The number of nitrogen functional groups attached to an aromatic ring is 1. The largest absolute Gasteiger partial charge is 0.383 e. The van der Waals surface area contributed by atoms with Crippen molar-refractivity contribution < 1.29 is 4.39 Å². The number of halogens is 2. The number of nitrogens with two attached hydrogens (primary N) is 1. The Kier molecular flexibility index (Phi) is 3.96. The van der Waals surface area contributed by atoms with Gasteiger partial charge < -0.3 is 5.73 Å². The van der Waals surface area contributed by atoms with Gasteiger partial charge in [-0.2, -0.15) is 5.26 Å². The van der Waals surface area contributed by atoms with Crippen LogP contribution in [0, 0.1) is 17.1 Å². The number of aromatic nitrogens is 1. The predicted octanol–water partition coefficient (Wildman–Crippen LogP) is 4.66. The van der Waals surface area contributed by atoms with Crippen LogP contribution in [-0.2, 0) is 0 Å². The van der Waals surface area contributed by atoms with Crippen LogP contribution >= 0.6 is 11.6 Å². The maximum atomic E-state index is 13.8. The summed E-state index contributed by atoms with van der Waals surface area (Å²) in [6, 6.07) is 17.6. The zero-order chi connectivity index (χ0) is 16.4. The molecular formula is C18H11ClFN3. The van der Waals surface area contributed by atoms with Crippen LogP contribution in [0.3, 0.4) is 0 Å². The van der Waals surface area contributed by atoms with Gasteiger partial charge in [0.2, 0.25) is 0 Å². The van der Waals surface area contributed by atoms with Gasteiger partial charge in [-0.05, 0) is 23.8 Å². The minimum atomic E-state index is -0.551. The molecule has 1 heterocycles. The van der Waals surface area contributed by atoms with E-state index in [1.165, 1.54) is 12.1 Å². The highest BCUT2D eigenvalue weighted by Crippen LogP contribution is 2.32. The standard InChI is InChI=1S/C18H11ClFN3/c19-15-7-6-12(8-16(15)20)13-9-17(11-4-2-1-3-5-11)23-18(22)14(13)10-21/h1-9H,(H2,22,23). The van der Waals surface area contributed by atoms with Gasteiger partial charge >= 0.3 is 0 Å². The van der Waals surface area contributed by atoms with E-state index in [4.69, 9.17) is 17.3 Å². The number of benzene rings is 2. The summed E-state index contributed by atoms with van der Waals surface area (Å²) >= 11 is 5.72. The zero-order valence-electron chi connectivity index (χ0n) is 11.9. The first-order valence-corrected chi connectivity index (χ1v) is 7.19. The Morgan fingerprint density at radius 1 is 1.04 bits per heavy atom. The maximum Gasteiger partial charge on any atom is 0.142 e. The first kappa shape index (κ1) is 15.0. The lowest BCUT2D eigenvalue weighted by Gasteiger charge is -2.10. The lowest BCUT2D eigenvalue weighted by atomic mass is 9.98. The first-order valence-electron chi connectivity index (χ1n) is 6.81. The van der Waals surface area contributed by atoms with Gasteiger partial charge in [-0.3, -0.25) is 0 Å². The van der Waals surface area contributed by atoms with E-state index >= 15 is 0 Å². The van der Waals surface area contributed by atoms with Crippen molar-refractivity contribution in [1.82, 2.24) is 4.98 Å². The molecule has 0 unspecified atom stereocenters. The summed E-state index contributed by atoms with van der Waals surface area (Å²) in [7, 11) is 0. The maximum absolute atomic E-state index is 13.8. The summed E-state index contributed by atoms with van der Waals surface area (Å²) in [5, 5.41) is 9.38. The predicted molar refractivity (Wildman–Crippen MR) is 89.2 cm³/mol. The van der Waals surface area contributed by atoms with E-state index in [-0.39, 0.29) is 16.4 Å². The van der Waals surface area contributed by atoms with E-state index in [1.54, 1.807) is 12.1 Å².